The Morgan fingerprint density at radius 3 is 1.44 bits per heavy atom. The average molecular weight is 241 g/mol. The predicted molar refractivity (Wildman–Crippen MR) is 75.8 cm³/mol. The van der Waals surface area contributed by atoms with Crippen LogP contribution in [0, 0.1) is 27.7 Å². The van der Waals surface area contributed by atoms with Crippen molar-refractivity contribution in [3.8, 4) is 0 Å². The van der Waals surface area contributed by atoms with E-state index in [2.05, 4.69) is 26.0 Å². The van der Waals surface area contributed by atoms with Crippen molar-refractivity contribution < 1.29 is 5.21 Å². The van der Waals surface area contributed by atoms with E-state index in [9.17, 15) is 5.21 Å². The second kappa shape index (κ2) is 4.83. The average Bonchev–Trinajstić information content (AvgIpc) is 2.28. The van der Waals surface area contributed by atoms with E-state index in [1.54, 1.807) is 0 Å². The van der Waals surface area contributed by atoms with E-state index in [0.29, 0.717) is 0 Å². The third-order valence-corrected chi connectivity index (χ3v) is 3.16. The van der Waals surface area contributed by atoms with Gasteiger partial charge in [-0.15, -0.1) is 0 Å². The quantitative estimate of drug-likeness (QED) is 0.785. The summed E-state index contributed by atoms with van der Waals surface area (Å²) < 4.78 is 0. The van der Waals surface area contributed by atoms with Crippen LogP contribution in [-0.2, 0) is 0 Å². The molecule has 0 radical (unpaired) electrons. The minimum Gasteiger partial charge on any atom is -0.283 e. The molecule has 0 saturated heterocycles. The maximum atomic E-state index is 10.4. The van der Waals surface area contributed by atoms with Gasteiger partial charge in [-0.05, 0) is 51.0 Å². The van der Waals surface area contributed by atoms with Crippen LogP contribution < -0.4 is 5.06 Å². The highest BCUT2D eigenvalue weighted by Crippen LogP contribution is 2.29. The van der Waals surface area contributed by atoms with Crippen molar-refractivity contribution in [1.82, 2.24) is 0 Å². The molecule has 0 heterocycles. The van der Waals surface area contributed by atoms with E-state index in [1.807, 2.05) is 38.1 Å². The lowest BCUT2D eigenvalue weighted by molar-refractivity contribution is 0.300. The first-order valence-corrected chi connectivity index (χ1v) is 6.12. The number of hydrogen-bond donors (Lipinski definition) is 1. The van der Waals surface area contributed by atoms with Gasteiger partial charge < -0.3 is 0 Å². The summed E-state index contributed by atoms with van der Waals surface area (Å²) in [6.45, 7) is 8.12. The van der Waals surface area contributed by atoms with E-state index >= 15 is 0 Å². The monoisotopic (exact) mass is 241 g/mol. The van der Waals surface area contributed by atoms with Crippen LogP contribution in [0.15, 0.2) is 36.4 Å². The van der Waals surface area contributed by atoms with Gasteiger partial charge in [-0.25, -0.2) is 5.06 Å². The van der Waals surface area contributed by atoms with Gasteiger partial charge in [0.1, 0.15) is 0 Å². The maximum Gasteiger partial charge on any atom is 0.0722 e. The molecule has 0 unspecified atom stereocenters. The summed E-state index contributed by atoms with van der Waals surface area (Å²) in [5, 5.41) is 11.6. The van der Waals surface area contributed by atoms with Gasteiger partial charge >= 0.3 is 0 Å². The highest BCUT2D eigenvalue weighted by molar-refractivity contribution is 5.66. The van der Waals surface area contributed by atoms with Gasteiger partial charge in [0.25, 0.3) is 0 Å². The molecule has 2 aromatic carbocycles. The van der Waals surface area contributed by atoms with Crippen molar-refractivity contribution in [3.05, 3.63) is 58.7 Å². The summed E-state index contributed by atoms with van der Waals surface area (Å²) >= 11 is 0. The smallest absolute Gasteiger partial charge is 0.0722 e. The second-order valence-corrected chi connectivity index (χ2v) is 4.89. The summed E-state index contributed by atoms with van der Waals surface area (Å²) in [7, 11) is 0. The first kappa shape index (κ1) is 12.7. The largest absolute Gasteiger partial charge is 0.283 e. The molecule has 0 aliphatic rings. The first-order valence-electron chi connectivity index (χ1n) is 6.12. The molecule has 2 aromatic rings. The van der Waals surface area contributed by atoms with E-state index in [0.717, 1.165) is 22.5 Å². The van der Waals surface area contributed by atoms with E-state index in [4.69, 9.17) is 0 Å². The molecule has 0 aliphatic heterocycles. The summed E-state index contributed by atoms with van der Waals surface area (Å²) in [5.41, 5.74) is 6.19. The van der Waals surface area contributed by atoms with Gasteiger partial charge in [-0.1, -0.05) is 35.4 Å². The van der Waals surface area contributed by atoms with Crippen LogP contribution >= 0.6 is 0 Å². The lowest BCUT2D eigenvalue weighted by Crippen LogP contribution is -2.13. The van der Waals surface area contributed by atoms with Crippen molar-refractivity contribution in [3.63, 3.8) is 0 Å². The summed E-state index contributed by atoms with van der Waals surface area (Å²) in [4.78, 5) is 0. The number of anilines is 2. The van der Waals surface area contributed by atoms with E-state index in [1.165, 1.54) is 16.2 Å². The number of rotatable bonds is 2. The predicted octanol–water partition coefficient (Wildman–Crippen LogP) is 4.45. The highest BCUT2D eigenvalue weighted by atomic mass is 16.5. The Labute approximate surface area is 108 Å². The fourth-order valence-electron chi connectivity index (χ4n) is 2.22. The van der Waals surface area contributed by atoms with Crippen LogP contribution in [-0.4, -0.2) is 5.21 Å². The zero-order chi connectivity index (χ0) is 13.3. The minimum absolute atomic E-state index is 0.826. The molecule has 0 amide bonds. The van der Waals surface area contributed by atoms with Gasteiger partial charge in [0.15, 0.2) is 0 Å². The molecule has 1 N–H and O–H groups in total. The molecule has 0 spiro atoms. The second-order valence-electron chi connectivity index (χ2n) is 4.89. The summed E-state index contributed by atoms with van der Waals surface area (Å²) in [6, 6.07) is 12.1. The van der Waals surface area contributed by atoms with Crippen LogP contribution in [0.2, 0.25) is 0 Å². The van der Waals surface area contributed by atoms with Crippen molar-refractivity contribution in [1.29, 1.82) is 0 Å². The third-order valence-electron chi connectivity index (χ3n) is 3.16. The molecule has 0 aliphatic carbocycles. The molecule has 2 nitrogen and oxygen atoms in total. The number of aryl methyl sites for hydroxylation is 4. The Kier molecular flexibility index (Phi) is 3.39. The molecule has 0 saturated carbocycles. The zero-order valence-electron chi connectivity index (χ0n) is 11.4. The van der Waals surface area contributed by atoms with Crippen LogP contribution in [0.3, 0.4) is 0 Å². The van der Waals surface area contributed by atoms with Gasteiger partial charge in [0, 0.05) is 0 Å². The highest BCUT2D eigenvalue weighted by Gasteiger charge is 2.11. The molecular weight excluding hydrogens is 222 g/mol. The van der Waals surface area contributed by atoms with E-state index < -0.39 is 0 Å². The molecular formula is C16H19NO. The normalized spacial score (nSPS) is 10.5. The number of hydrogen-bond acceptors (Lipinski definition) is 2. The Morgan fingerprint density at radius 2 is 1.11 bits per heavy atom. The van der Waals surface area contributed by atoms with Crippen molar-refractivity contribution in [2.45, 2.75) is 27.7 Å². The van der Waals surface area contributed by atoms with Crippen LogP contribution in [0.5, 0.6) is 0 Å². The number of nitrogens with zero attached hydrogens (tertiary/aromatic N) is 1. The topological polar surface area (TPSA) is 23.5 Å². The van der Waals surface area contributed by atoms with Gasteiger partial charge in [0.05, 0.1) is 11.4 Å². The fraction of sp³-hybridized carbons (Fsp3) is 0.250. The van der Waals surface area contributed by atoms with Crippen molar-refractivity contribution in [2.24, 2.45) is 0 Å². The van der Waals surface area contributed by atoms with Crippen molar-refractivity contribution in [2.75, 3.05) is 5.06 Å². The lowest BCUT2D eigenvalue weighted by Gasteiger charge is -2.21. The molecule has 0 atom stereocenters. The van der Waals surface area contributed by atoms with Crippen LogP contribution in [0.25, 0.3) is 0 Å². The molecule has 18 heavy (non-hydrogen) atoms. The van der Waals surface area contributed by atoms with Gasteiger partial charge in [-0.2, -0.15) is 0 Å². The van der Waals surface area contributed by atoms with Crippen LogP contribution in [0.4, 0.5) is 11.4 Å². The molecule has 94 valence electrons. The van der Waals surface area contributed by atoms with Gasteiger partial charge in [0.2, 0.25) is 0 Å². The standard InChI is InChI=1S/C16H19NO/c1-11-5-7-15(13(3)9-11)17(18)16-8-6-12(2)10-14(16)4/h5-10,18H,1-4H3. The lowest BCUT2D eigenvalue weighted by atomic mass is 10.1. The zero-order valence-corrected chi connectivity index (χ0v) is 11.4. The summed E-state index contributed by atoms with van der Waals surface area (Å²) in [6.07, 6.45) is 0. The summed E-state index contributed by atoms with van der Waals surface area (Å²) in [5.74, 6) is 0. The van der Waals surface area contributed by atoms with Crippen molar-refractivity contribution >= 4 is 11.4 Å². The third kappa shape index (κ3) is 2.39. The first-order chi connectivity index (χ1) is 8.49. The SMILES string of the molecule is Cc1ccc(N(O)c2ccc(C)cc2C)c(C)c1. The fourth-order valence-corrected chi connectivity index (χ4v) is 2.22. The molecule has 0 aromatic heterocycles. The van der Waals surface area contributed by atoms with E-state index in [-0.39, 0.29) is 0 Å². The van der Waals surface area contributed by atoms with Crippen LogP contribution in [0.1, 0.15) is 22.3 Å². The Balaban J connectivity index is 2.44. The minimum atomic E-state index is 0.826. The maximum absolute atomic E-state index is 10.4. The Bertz CT molecular complexity index is 524. The molecule has 2 rings (SSSR count). The van der Waals surface area contributed by atoms with Gasteiger partial charge in [-0.3, -0.25) is 5.21 Å². The molecule has 0 bridgehead atoms. The Hall–Kier alpha value is -1.80. The molecule has 0 fully saturated rings. The number of benzene rings is 2. The Morgan fingerprint density at radius 1 is 0.722 bits per heavy atom. The molecule has 2 heteroatoms.